The minimum Gasteiger partial charge on any atom is -0.260 e. The highest BCUT2D eigenvalue weighted by atomic mass is 32.2. The summed E-state index contributed by atoms with van der Waals surface area (Å²) in [5, 5.41) is 5.00. The van der Waals surface area contributed by atoms with Gasteiger partial charge in [0.05, 0.1) is 17.9 Å². The Morgan fingerprint density at radius 1 is 1.26 bits per heavy atom. The fourth-order valence-electron chi connectivity index (χ4n) is 2.41. The minimum absolute atomic E-state index is 0.152. The van der Waals surface area contributed by atoms with Crippen molar-refractivity contribution in [2.75, 3.05) is 7.05 Å². The first-order valence-corrected chi connectivity index (χ1v) is 8.49. The van der Waals surface area contributed by atoms with Crippen LogP contribution in [0.4, 0.5) is 0 Å². The largest absolute Gasteiger partial charge is 0.260 e. The summed E-state index contributed by atoms with van der Waals surface area (Å²) in [5.74, 6) is 0. The van der Waals surface area contributed by atoms with Gasteiger partial charge in [-0.25, -0.2) is 13.4 Å². The van der Waals surface area contributed by atoms with Crippen molar-refractivity contribution in [3.8, 4) is 0 Å². The molecule has 8 heteroatoms. The maximum Gasteiger partial charge on any atom is 0.244 e. The standard InChI is InChI=1S/C15H17N5O2S/c1-11-14-8-13(9-17-15(14)20(3)18-11)23(21,22)19(2)10-12-6-4-5-7-16-12/h4-9H,10H2,1-3H3. The molecular weight excluding hydrogens is 314 g/mol. The number of fused-ring (bicyclic) bond motifs is 1. The molecule has 3 rings (SSSR count). The summed E-state index contributed by atoms with van der Waals surface area (Å²) in [4.78, 5) is 8.55. The first-order valence-electron chi connectivity index (χ1n) is 7.05. The Bertz CT molecular complexity index is 951. The molecule has 7 nitrogen and oxygen atoms in total. The van der Waals surface area contributed by atoms with Crippen LogP contribution in [-0.4, -0.2) is 39.5 Å². The van der Waals surface area contributed by atoms with Crippen molar-refractivity contribution in [2.45, 2.75) is 18.4 Å². The van der Waals surface area contributed by atoms with Gasteiger partial charge < -0.3 is 0 Å². The fourth-order valence-corrected chi connectivity index (χ4v) is 3.53. The van der Waals surface area contributed by atoms with Crippen LogP contribution < -0.4 is 0 Å². The number of aromatic nitrogens is 4. The first kappa shape index (κ1) is 15.6. The molecule has 23 heavy (non-hydrogen) atoms. The number of pyridine rings is 2. The van der Waals surface area contributed by atoms with E-state index in [1.54, 1.807) is 36.1 Å². The first-order chi connectivity index (χ1) is 10.9. The number of hydrogen-bond donors (Lipinski definition) is 0. The molecule has 0 bridgehead atoms. The van der Waals surface area contributed by atoms with E-state index < -0.39 is 10.0 Å². The lowest BCUT2D eigenvalue weighted by Crippen LogP contribution is -2.27. The molecular formula is C15H17N5O2S. The van der Waals surface area contributed by atoms with Crippen molar-refractivity contribution in [1.29, 1.82) is 0 Å². The van der Waals surface area contributed by atoms with Crippen LogP contribution in [0.15, 0.2) is 41.6 Å². The van der Waals surface area contributed by atoms with E-state index in [1.165, 1.54) is 17.5 Å². The van der Waals surface area contributed by atoms with Gasteiger partial charge in [-0.2, -0.15) is 9.40 Å². The maximum absolute atomic E-state index is 12.7. The van der Waals surface area contributed by atoms with Gasteiger partial charge in [0.15, 0.2) is 5.65 Å². The van der Waals surface area contributed by atoms with Crippen molar-refractivity contribution in [3.05, 3.63) is 48.0 Å². The van der Waals surface area contributed by atoms with Crippen molar-refractivity contribution < 1.29 is 8.42 Å². The van der Waals surface area contributed by atoms with E-state index in [1.807, 2.05) is 13.0 Å². The molecule has 0 radical (unpaired) electrons. The molecule has 0 amide bonds. The second kappa shape index (κ2) is 5.71. The monoisotopic (exact) mass is 331 g/mol. The average molecular weight is 331 g/mol. The molecule has 0 saturated carbocycles. The van der Waals surface area contributed by atoms with Crippen molar-refractivity contribution >= 4 is 21.1 Å². The van der Waals surface area contributed by atoms with Gasteiger partial charge in [0.2, 0.25) is 10.0 Å². The Balaban J connectivity index is 1.97. The Morgan fingerprint density at radius 3 is 2.74 bits per heavy atom. The van der Waals surface area contributed by atoms with E-state index in [-0.39, 0.29) is 11.4 Å². The van der Waals surface area contributed by atoms with E-state index in [4.69, 9.17) is 0 Å². The van der Waals surface area contributed by atoms with Crippen LogP contribution >= 0.6 is 0 Å². The van der Waals surface area contributed by atoms with Crippen LogP contribution in [0.5, 0.6) is 0 Å². The predicted molar refractivity (Wildman–Crippen MR) is 86.1 cm³/mol. The third-order valence-electron chi connectivity index (χ3n) is 3.66. The van der Waals surface area contributed by atoms with Gasteiger partial charge in [-0.1, -0.05) is 6.07 Å². The van der Waals surface area contributed by atoms with Gasteiger partial charge in [0.1, 0.15) is 4.90 Å². The zero-order chi connectivity index (χ0) is 16.6. The highest BCUT2D eigenvalue weighted by molar-refractivity contribution is 7.89. The Kier molecular flexibility index (Phi) is 3.87. The van der Waals surface area contributed by atoms with Crippen LogP contribution in [0.1, 0.15) is 11.4 Å². The van der Waals surface area contributed by atoms with Gasteiger partial charge in [0.25, 0.3) is 0 Å². The van der Waals surface area contributed by atoms with Crippen molar-refractivity contribution in [1.82, 2.24) is 24.1 Å². The third-order valence-corrected chi connectivity index (χ3v) is 5.43. The number of nitrogens with zero attached hydrogens (tertiary/aromatic N) is 5. The number of aryl methyl sites for hydroxylation is 2. The molecule has 0 N–H and O–H groups in total. The van der Waals surface area contributed by atoms with Crippen LogP contribution in [0.3, 0.4) is 0 Å². The number of rotatable bonds is 4. The van der Waals surface area contributed by atoms with Crippen molar-refractivity contribution in [3.63, 3.8) is 0 Å². The van der Waals surface area contributed by atoms with Crippen molar-refractivity contribution in [2.24, 2.45) is 7.05 Å². The number of hydrogen-bond acceptors (Lipinski definition) is 5. The maximum atomic E-state index is 12.7. The summed E-state index contributed by atoms with van der Waals surface area (Å²) in [6.45, 7) is 2.03. The second-order valence-electron chi connectivity index (χ2n) is 5.33. The molecule has 0 fully saturated rings. The predicted octanol–water partition coefficient (Wildman–Crippen LogP) is 1.49. The highest BCUT2D eigenvalue weighted by Crippen LogP contribution is 2.22. The average Bonchev–Trinajstić information content (AvgIpc) is 2.82. The Labute approximate surface area is 134 Å². The summed E-state index contributed by atoms with van der Waals surface area (Å²) in [5.41, 5.74) is 2.10. The Morgan fingerprint density at radius 2 is 2.04 bits per heavy atom. The van der Waals surface area contributed by atoms with E-state index >= 15 is 0 Å². The molecule has 0 aliphatic rings. The molecule has 3 heterocycles. The van der Waals surface area contributed by atoms with E-state index in [2.05, 4.69) is 15.1 Å². The second-order valence-corrected chi connectivity index (χ2v) is 7.38. The normalized spacial score (nSPS) is 12.2. The highest BCUT2D eigenvalue weighted by Gasteiger charge is 2.23. The van der Waals surface area contributed by atoms with E-state index in [9.17, 15) is 8.42 Å². The molecule has 0 atom stereocenters. The number of sulfonamides is 1. The molecule has 0 spiro atoms. The molecule has 0 aromatic carbocycles. The van der Waals surface area contributed by atoms with Crippen LogP contribution in [0, 0.1) is 6.92 Å². The lowest BCUT2D eigenvalue weighted by molar-refractivity contribution is 0.462. The zero-order valence-corrected chi connectivity index (χ0v) is 13.9. The Hall–Kier alpha value is -2.32. The van der Waals surface area contributed by atoms with E-state index in [0.29, 0.717) is 11.3 Å². The lowest BCUT2D eigenvalue weighted by Gasteiger charge is -2.16. The summed E-state index contributed by atoms with van der Waals surface area (Å²) in [7, 11) is -0.329. The fraction of sp³-hybridized carbons (Fsp3) is 0.267. The molecule has 3 aromatic rings. The van der Waals surface area contributed by atoms with Crippen LogP contribution in [0.2, 0.25) is 0 Å². The third kappa shape index (κ3) is 2.82. The summed E-state index contributed by atoms with van der Waals surface area (Å²) >= 11 is 0. The molecule has 0 aliphatic carbocycles. The van der Waals surface area contributed by atoms with Crippen LogP contribution in [0.25, 0.3) is 11.0 Å². The molecule has 120 valence electrons. The van der Waals surface area contributed by atoms with E-state index in [0.717, 1.165) is 11.1 Å². The summed E-state index contributed by atoms with van der Waals surface area (Å²) in [6.07, 6.45) is 3.01. The smallest absolute Gasteiger partial charge is 0.244 e. The quantitative estimate of drug-likeness (QED) is 0.723. The minimum atomic E-state index is -3.64. The van der Waals surface area contributed by atoms with Crippen LogP contribution in [-0.2, 0) is 23.6 Å². The van der Waals surface area contributed by atoms with Gasteiger partial charge >= 0.3 is 0 Å². The van der Waals surface area contributed by atoms with Gasteiger partial charge in [-0.05, 0) is 25.1 Å². The SMILES string of the molecule is Cc1nn(C)c2ncc(S(=O)(=O)N(C)Cc3ccccn3)cc12. The molecule has 0 saturated heterocycles. The van der Waals surface area contributed by atoms with Gasteiger partial charge in [0, 0.05) is 31.9 Å². The summed E-state index contributed by atoms with van der Waals surface area (Å²) < 4.78 is 28.4. The topological polar surface area (TPSA) is 81.0 Å². The molecule has 0 aliphatic heterocycles. The molecule has 3 aromatic heterocycles. The van der Waals surface area contributed by atoms with Gasteiger partial charge in [-0.3, -0.25) is 9.67 Å². The van der Waals surface area contributed by atoms with Gasteiger partial charge in [-0.15, -0.1) is 0 Å². The summed E-state index contributed by atoms with van der Waals surface area (Å²) in [6, 6.07) is 7.03. The molecule has 0 unspecified atom stereocenters. The lowest BCUT2D eigenvalue weighted by atomic mass is 10.3. The zero-order valence-electron chi connectivity index (χ0n) is 13.1.